The number of anilines is 1. The third-order valence-electron chi connectivity index (χ3n) is 4.12. The quantitative estimate of drug-likeness (QED) is 0.514. The lowest BCUT2D eigenvalue weighted by molar-refractivity contribution is -0.126. The van der Waals surface area contributed by atoms with Gasteiger partial charge in [-0.25, -0.2) is 0 Å². The van der Waals surface area contributed by atoms with Crippen molar-refractivity contribution >= 4 is 17.8 Å². The molecule has 1 N–H and O–H groups in total. The van der Waals surface area contributed by atoms with Crippen LogP contribution in [0, 0.1) is 20.8 Å². The molecule has 2 aromatic carbocycles. The van der Waals surface area contributed by atoms with Crippen molar-refractivity contribution in [3.63, 3.8) is 0 Å². The standard InChI is InChI=1S/C21H24F2N2O4/c1-12-8-13(2)19(14(3)9-12)25-20(26)15(4)29-24-11-16-6-7-17(28-21(22)23)18(10-16)27-5/h6-11,15,21H,1-5H3,(H,25,26)/b24-11+. The van der Waals surface area contributed by atoms with E-state index in [1.807, 2.05) is 32.9 Å². The summed E-state index contributed by atoms with van der Waals surface area (Å²) in [6, 6.07) is 8.29. The van der Waals surface area contributed by atoms with Crippen LogP contribution in [0.3, 0.4) is 0 Å². The monoisotopic (exact) mass is 406 g/mol. The highest BCUT2D eigenvalue weighted by atomic mass is 19.3. The molecule has 0 bridgehead atoms. The third kappa shape index (κ3) is 6.17. The second-order valence-corrected chi connectivity index (χ2v) is 6.53. The Morgan fingerprint density at radius 3 is 2.34 bits per heavy atom. The molecule has 2 aromatic rings. The Kier molecular flexibility index (Phi) is 7.52. The highest BCUT2D eigenvalue weighted by Gasteiger charge is 2.16. The van der Waals surface area contributed by atoms with Gasteiger partial charge in [0.1, 0.15) is 0 Å². The molecule has 0 spiro atoms. The minimum atomic E-state index is -2.95. The van der Waals surface area contributed by atoms with Gasteiger partial charge in [-0.05, 0) is 57.0 Å². The van der Waals surface area contributed by atoms with Crippen molar-refractivity contribution in [3.8, 4) is 11.5 Å². The molecule has 2 rings (SSSR count). The van der Waals surface area contributed by atoms with E-state index in [9.17, 15) is 13.6 Å². The summed E-state index contributed by atoms with van der Waals surface area (Å²) in [4.78, 5) is 17.6. The van der Waals surface area contributed by atoms with E-state index in [-0.39, 0.29) is 17.4 Å². The van der Waals surface area contributed by atoms with Crippen LogP contribution in [0.25, 0.3) is 0 Å². The van der Waals surface area contributed by atoms with E-state index in [0.717, 1.165) is 22.4 Å². The van der Waals surface area contributed by atoms with Gasteiger partial charge in [0.25, 0.3) is 5.91 Å². The lowest BCUT2D eigenvalue weighted by atomic mass is 10.0. The fraction of sp³-hybridized carbons (Fsp3) is 0.333. The molecule has 156 valence electrons. The molecule has 0 saturated carbocycles. The topological polar surface area (TPSA) is 69.2 Å². The van der Waals surface area contributed by atoms with Crippen molar-refractivity contribution in [1.82, 2.24) is 0 Å². The molecule has 8 heteroatoms. The fourth-order valence-corrected chi connectivity index (χ4v) is 2.79. The summed E-state index contributed by atoms with van der Waals surface area (Å²) >= 11 is 0. The normalized spacial score (nSPS) is 12.1. The Bertz CT molecular complexity index is 877. The minimum Gasteiger partial charge on any atom is -0.493 e. The van der Waals surface area contributed by atoms with Crippen LogP contribution in [-0.2, 0) is 9.63 Å². The molecule has 0 heterocycles. The van der Waals surface area contributed by atoms with Crippen LogP contribution < -0.4 is 14.8 Å². The maximum Gasteiger partial charge on any atom is 0.387 e. The van der Waals surface area contributed by atoms with Crippen LogP contribution >= 0.6 is 0 Å². The minimum absolute atomic E-state index is 0.0860. The number of hydrogen-bond acceptors (Lipinski definition) is 5. The molecule has 1 atom stereocenters. The molecule has 0 saturated heterocycles. The van der Waals surface area contributed by atoms with Crippen LogP contribution in [-0.4, -0.2) is 31.9 Å². The first-order chi connectivity index (χ1) is 13.7. The van der Waals surface area contributed by atoms with Gasteiger partial charge in [0.15, 0.2) is 11.5 Å². The number of carbonyl (C=O) groups excluding carboxylic acids is 1. The van der Waals surface area contributed by atoms with Gasteiger partial charge in [0.05, 0.1) is 13.3 Å². The van der Waals surface area contributed by atoms with Crippen molar-refractivity contribution in [2.75, 3.05) is 12.4 Å². The number of aryl methyl sites for hydroxylation is 3. The second-order valence-electron chi connectivity index (χ2n) is 6.53. The molecule has 0 aliphatic carbocycles. The molecule has 0 aromatic heterocycles. The average Bonchev–Trinajstić information content (AvgIpc) is 2.64. The third-order valence-corrected chi connectivity index (χ3v) is 4.12. The SMILES string of the molecule is COc1cc(/C=N/OC(C)C(=O)Nc2c(C)cc(C)cc2C)ccc1OC(F)F. The molecule has 1 amide bonds. The molecular weight excluding hydrogens is 382 g/mol. The van der Waals surface area contributed by atoms with Gasteiger partial charge in [-0.2, -0.15) is 8.78 Å². The number of benzene rings is 2. The maximum atomic E-state index is 12.4. The number of nitrogens with one attached hydrogen (secondary N) is 1. The van der Waals surface area contributed by atoms with Crippen molar-refractivity contribution < 1.29 is 27.9 Å². The first-order valence-electron chi connectivity index (χ1n) is 8.92. The number of alkyl halides is 2. The van der Waals surface area contributed by atoms with Crippen LogP contribution in [0.2, 0.25) is 0 Å². The number of rotatable bonds is 8. The Hall–Kier alpha value is -3.16. The Balaban J connectivity index is 2.00. The second kappa shape index (κ2) is 9.86. The van der Waals surface area contributed by atoms with Crippen molar-refractivity contribution in [3.05, 3.63) is 52.6 Å². The summed E-state index contributed by atoms with van der Waals surface area (Å²) in [6.45, 7) is 4.47. The van der Waals surface area contributed by atoms with E-state index in [0.29, 0.717) is 5.56 Å². The maximum absolute atomic E-state index is 12.4. The molecule has 29 heavy (non-hydrogen) atoms. The summed E-state index contributed by atoms with van der Waals surface area (Å²) < 4.78 is 34.1. The molecule has 0 radical (unpaired) electrons. The molecule has 6 nitrogen and oxygen atoms in total. The van der Waals surface area contributed by atoms with Crippen LogP contribution in [0.1, 0.15) is 29.2 Å². The smallest absolute Gasteiger partial charge is 0.387 e. The highest BCUT2D eigenvalue weighted by molar-refractivity contribution is 5.95. The summed E-state index contributed by atoms with van der Waals surface area (Å²) in [5.41, 5.74) is 4.32. The first kappa shape index (κ1) is 22.1. The number of ether oxygens (including phenoxy) is 2. The predicted octanol–water partition coefficient (Wildman–Crippen LogP) is 4.60. The lowest BCUT2D eigenvalue weighted by Gasteiger charge is -2.15. The lowest BCUT2D eigenvalue weighted by Crippen LogP contribution is -2.27. The number of halogens is 2. The average molecular weight is 406 g/mol. The zero-order chi connectivity index (χ0) is 21.6. The number of amides is 1. The van der Waals surface area contributed by atoms with Gasteiger partial charge in [-0.15, -0.1) is 0 Å². The summed E-state index contributed by atoms with van der Waals surface area (Å²) in [7, 11) is 1.34. The summed E-state index contributed by atoms with van der Waals surface area (Å²) in [5, 5.41) is 6.65. The Morgan fingerprint density at radius 1 is 1.10 bits per heavy atom. The van der Waals surface area contributed by atoms with Gasteiger partial charge in [0.2, 0.25) is 6.10 Å². The molecule has 0 aliphatic rings. The van der Waals surface area contributed by atoms with E-state index in [1.54, 1.807) is 6.92 Å². The van der Waals surface area contributed by atoms with E-state index in [2.05, 4.69) is 15.2 Å². The molecule has 1 unspecified atom stereocenters. The van der Waals surface area contributed by atoms with E-state index < -0.39 is 12.7 Å². The number of hydrogen-bond donors (Lipinski definition) is 1. The van der Waals surface area contributed by atoms with Gasteiger partial charge >= 0.3 is 6.61 Å². The van der Waals surface area contributed by atoms with E-state index >= 15 is 0 Å². The van der Waals surface area contributed by atoms with E-state index in [4.69, 9.17) is 9.57 Å². The largest absolute Gasteiger partial charge is 0.493 e. The predicted molar refractivity (Wildman–Crippen MR) is 107 cm³/mol. The molecule has 0 fully saturated rings. The van der Waals surface area contributed by atoms with Crippen LogP contribution in [0.4, 0.5) is 14.5 Å². The van der Waals surface area contributed by atoms with Crippen LogP contribution in [0.5, 0.6) is 11.5 Å². The Labute approximate surface area is 168 Å². The van der Waals surface area contributed by atoms with Crippen molar-refractivity contribution in [2.24, 2.45) is 5.16 Å². The first-order valence-corrected chi connectivity index (χ1v) is 8.92. The van der Waals surface area contributed by atoms with E-state index in [1.165, 1.54) is 31.5 Å². The van der Waals surface area contributed by atoms with Crippen LogP contribution in [0.15, 0.2) is 35.5 Å². The number of oxime groups is 1. The van der Waals surface area contributed by atoms with Gasteiger partial charge in [-0.3, -0.25) is 4.79 Å². The fourth-order valence-electron chi connectivity index (χ4n) is 2.79. The van der Waals surface area contributed by atoms with Crippen molar-refractivity contribution in [2.45, 2.75) is 40.4 Å². The number of nitrogens with zero attached hydrogens (tertiary/aromatic N) is 1. The number of methoxy groups -OCH3 is 1. The van der Waals surface area contributed by atoms with Crippen molar-refractivity contribution in [1.29, 1.82) is 0 Å². The van der Waals surface area contributed by atoms with Gasteiger partial charge in [0, 0.05) is 11.3 Å². The highest BCUT2D eigenvalue weighted by Crippen LogP contribution is 2.29. The molecular formula is C21H24F2N2O4. The summed E-state index contributed by atoms with van der Waals surface area (Å²) in [6.07, 6.45) is 0.510. The summed E-state index contributed by atoms with van der Waals surface area (Å²) in [5.74, 6) is -0.294. The Morgan fingerprint density at radius 2 is 1.76 bits per heavy atom. The molecule has 0 aliphatic heterocycles. The number of carbonyl (C=O) groups is 1. The zero-order valence-electron chi connectivity index (χ0n) is 17.0. The van der Waals surface area contributed by atoms with Gasteiger partial charge < -0.3 is 19.6 Å². The van der Waals surface area contributed by atoms with Gasteiger partial charge in [-0.1, -0.05) is 22.9 Å². The zero-order valence-corrected chi connectivity index (χ0v) is 17.0.